The Hall–Kier alpha value is -1.66. The third-order valence-corrected chi connectivity index (χ3v) is 2.01. The van der Waals surface area contributed by atoms with Gasteiger partial charge in [-0.25, -0.2) is 0 Å². The van der Waals surface area contributed by atoms with E-state index in [4.69, 9.17) is 5.11 Å². The molecule has 0 radical (unpaired) electrons. The summed E-state index contributed by atoms with van der Waals surface area (Å²) in [7, 11) is 0. The van der Waals surface area contributed by atoms with E-state index in [9.17, 15) is 15.2 Å². The predicted molar refractivity (Wildman–Crippen MR) is 58.1 cm³/mol. The first-order valence-electron chi connectivity index (χ1n) is 4.85. The van der Waals surface area contributed by atoms with Crippen molar-refractivity contribution in [2.45, 2.75) is 19.6 Å². The van der Waals surface area contributed by atoms with Crippen molar-refractivity contribution in [2.75, 3.05) is 6.54 Å². The monoisotopic (exact) mass is 226 g/mol. The van der Waals surface area contributed by atoms with Gasteiger partial charge in [-0.15, -0.1) is 0 Å². The van der Waals surface area contributed by atoms with Gasteiger partial charge in [0, 0.05) is 19.2 Å². The maximum atomic E-state index is 10.5. The molecule has 6 heteroatoms. The van der Waals surface area contributed by atoms with E-state index in [1.807, 2.05) is 0 Å². The molecule has 1 aromatic carbocycles. The second-order valence-corrected chi connectivity index (χ2v) is 3.56. The average Bonchev–Trinajstić information content (AvgIpc) is 2.19. The lowest BCUT2D eigenvalue weighted by Gasteiger charge is -2.07. The van der Waals surface area contributed by atoms with Crippen LogP contribution in [0.1, 0.15) is 12.5 Å². The Kier molecular flexibility index (Phi) is 4.21. The molecule has 0 aromatic heterocycles. The van der Waals surface area contributed by atoms with E-state index in [1.165, 1.54) is 12.1 Å². The first-order valence-corrected chi connectivity index (χ1v) is 4.85. The SMILES string of the molecule is C[C@@H](O)CNCc1ccc(O)c([N+](=O)[O-])c1. The van der Waals surface area contributed by atoms with Crippen LogP contribution in [0.3, 0.4) is 0 Å². The van der Waals surface area contributed by atoms with Crippen molar-refractivity contribution in [3.63, 3.8) is 0 Å². The van der Waals surface area contributed by atoms with E-state index in [0.717, 1.165) is 0 Å². The van der Waals surface area contributed by atoms with Crippen molar-refractivity contribution in [3.8, 4) is 5.75 Å². The summed E-state index contributed by atoms with van der Waals surface area (Å²) >= 11 is 0. The molecule has 0 unspecified atom stereocenters. The van der Waals surface area contributed by atoms with E-state index in [2.05, 4.69) is 5.32 Å². The van der Waals surface area contributed by atoms with Gasteiger partial charge in [0.2, 0.25) is 0 Å². The number of benzene rings is 1. The second kappa shape index (κ2) is 5.43. The van der Waals surface area contributed by atoms with Crippen LogP contribution in [0.5, 0.6) is 5.75 Å². The van der Waals surface area contributed by atoms with Crippen molar-refractivity contribution in [1.82, 2.24) is 5.32 Å². The zero-order valence-electron chi connectivity index (χ0n) is 8.88. The van der Waals surface area contributed by atoms with E-state index >= 15 is 0 Å². The fourth-order valence-corrected chi connectivity index (χ4v) is 1.25. The summed E-state index contributed by atoms with van der Waals surface area (Å²) < 4.78 is 0. The average molecular weight is 226 g/mol. The molecule has 1 rings (SSSR count). The van der Waals surface area contributed by atoms with Gasteiger partial charge < -0.3 is 15.5 Å². The number of hydrogen-bond acceptors (Lipinski definition) is 5. The summed E-state index contributed by atoms with van der Waals surface area (Å²) in [4.78, 5) is 9.91. The molecule has 16 heavy (non-hydrogen) atoms. The first kappa shape index (κ1) is 12.4. The number of nitro benzene ring substituents is 1. The molecule has 0 aliphatic rings. The summed E-state index contributed by atoms with van der Waals surface area (Å²) in [5, 5.41) is 31.7. The van der Waals surface area contributed by atoms with Crippen molar-refractivity contribution in [1.29, 1.82) is 0 Å². The second-order valence-electron chi connectivity index (χ2n) is 3.56. The van der Waals surface area contributed by atoms with Crippen LogP contribution in [0.25, 0.3) is 0 Å². The summed E-state index contributed by atoms with van der Waals surface area (Å²) in [5.41, 5.74) is 0.376. The fourth-order valence-electron chi connectivity index (χ4n) is 1.25. The van der Waals surface area contributed by atoms with Crippen LogP contribution in [-0.4, -0.2) is 27.8 Å². The number of nitrogens with zero attached hydrogens (tertiary/aromatic N) is 1. The van der Waals surface area contributed by atoms with Crippen LogP contribution in [0.15, 0.2) is 18.2 Å². The van der Waals surface area contributed by atoms with E-state index in [-0.39, 0.29) is 11.4 Å². The van der Waals surface area contributed by atoms with Gasteiger partial charge in [-0.05, 0) is 18.6 Å². The Bertz CT molecular complexity index is 379. The van der Waals surface area contributed by atoms with Crippen LogP contribution >= 0.6 is 0 Å². The van der Waals surface area contributed by atoms with E-state index < -0.39 is 11.0 Å². The molecule has 0 saturated heterocycles. The van der Waals surface area contributed by atoms with Crippen molar-refractivity contribution < 1.29 is 15.1 Å². The van der Waals surface area contributed by atoms with Gasteiger partial charge in [-0.2, -0.15) is 0 Å². The zero-order chi connectivity index (χ0) is 12.1. The minimum atomic E-state index is -0.631. The molecule has 0 aliphatic carbocycles. The molecule has 1 atom stereocenters. The predicted octanol–water partition coefficient (Wildman–Crippen LogP) is 0.771. The Morgan fingerprint density at radius 2 is 2.25 bits per heavy atom. The fraction of sp³-hybridized carbons (Fsp3) is 0.400. The molecule has 0 aliphatic heterocycles. The molecule has 3 N–H and O–H groups in total. The molecule has 0 saturated carbocycles. The molecule has 0 amide bonds. The van der Waals surface area contributed by atoms with Crippen LogP contribution in [0, 0.1) is 10.1 Å². The number of phenolic OH excluding ortho intramolecular Hbond substituents is 1. The van der Waals surface area contributed by atoms with Crippen LogP contribution in [-0.2, 0) is 6.54 Å². The molecular formula is C10H14N2O4. The maximum absolute atomic E-state index is 10.5. The van der Waals surface area contributed by atoms with Gasteiger partial charge in [0.1, 0.15) is 0 Å². The lowest BCUT2D eigenvalue weighted by atomic mass is 10.2. The van der Waals surface area contributed by atoms with Crippen LogP contribution in [0.2, 0.25) is 0 Å². The number of nitrogens with one attached hydrogen (secondary N) is 1. The van der Waals surface area contributed by atoms with Gasteiger partial charge in [0.15, 0.2) is 5.75 Å². The number of nitro groups is 1. The zero-order valence-corrected chi connectivity index (χ0v) is 8.88. The molecule has 0 bridgehead atoms. The minimum absolute atomic E-state index is 0.309. The van der Waals surface area contributed by atoms with Gasteiger partial charge in [-0.3, -0.25) is 10.1 Å². The van der Waals surface area contributed by atoms with Crippen LogP contribution in [0.4, 0.5) is 5.69 Å². The van der Waals surface area contributed by atoms with Gasteiger partial charge in [-0.1, -0.05) is 6.07 Å². The molecule has 1 aromatic rings. The van der Waals surface area contributed by atoms with Crippen LogP contribution < -0.4 is 5.32 Å². The summed E-state index contributed by atoms with van der Waals surface area (Å²) in [6.45, 7) is 2.47. The molecule has 0 spiro atoms. The van der Waals surface area contributed by atoms with Gasteiger partial charge in [0.05, 0.1) is 11.0 Å². The third-order valence-electron chi connectivity index (χ3n) is 2.01. The Morgan fingerprint density at radius 3 is 2.81 bits per heavy atom. The highest BCUT2D eigenvalue weighted by Gasteiger charge is 2.13. The number of phenols is 1. The summed E-state index contributed by atoms with van der Waals surface area (Å²) in [5.74, 6) is -0.343. The summed E-state index contributed by atoms with van der Waals surface area (Å²) in [6, 6.07) is 4.19. The largest absolute Gasteiger partial charge is 0.502 e. The quantitative estimate of drug-likeness (QED) is 0.509. The Balaban J connectivity index is 2.68. The Morgan fingerprint density at radius 1 is 1.56 bits per heavy atom. The first-order chi connectivity index (χ1) is 7.50. The number of aromatic hydroxyl groups is 1. The van der Waals surface area contributed by atoms with Crippen molar-refractivity contribution in [3.05, 3.63) is 33.9 Å². The standard InChI is InChI=1S/C10H14N2O4/c1-7(13)5-11-6-8-2-3-10(14)9(4-8)12(15)16/h2-4,7,11,13-14H,5-6H2,1H3/t7-/m1/s1. The normalized spacial score (nSPS) is 12.4. The van der Waals surface area contributed by atoms with Crippen molar-refractivity contribution in [2.24, 2.45) is 0 Å². The van der Waals surface area contributed by atoms with E-state index in [1.54, 1.807) is 13.0 Å². The smallest absolute Gasteiger partial charge is 0.311 e. The maximum Gasteiger partial charge on any atom is 0.311 e. The number of aliphatic hydroxyl groups is 1. The van der Waals surface area contributed by atoms with Gasteiger partial charge >= 0.3 is 5.69 Å². The highest BCUT2D eigenvalue weighted by atomic mass is 16.6. The molecule has 0 fully saturated rings. The molecule has 6 nitrogen and oxygen atoms in total. The number of aliphatic hydroxyl groups excluding tert-OH is 1. The third kappa shape index (κ3) is 3.48. The van der Waals surface area contributed by atoms with Gasteiger partial charge in [0.25, 0.3) is 0 Å². The summed E-state index contributed by atoms with van der Waals surface area (Å²) in [6.07, 6.45) is -0.466. The molecule has 88 valence electrons. The molecule has 0 heterocycles. The highest BCUT2D eigenvalue weighted by molar-refractivity contribution is 5.47. The number of hydrogen-bond donors (Lipinski definition) is 3. The Labute approximate surface area is 92.7 Å². The lowest BCUT2D eigenvalue weighted by Crippen LogP contribution is -2.23. The number of rotatable bonds is 5. The van der Waals surface area contributed by atoms with Crippen molar-refractivity contribution >= 4 is 5.69 Å². The lowest BCUT2D eigenvalue weighted by molar-refractivity contribution is -0.385. The topological polar surface area (TPSA) is 95.6 Å². The minimum Gasteiger partial charge on any atom is -0.502 e. The van der Waals surface area contributed by atoms with E-state index in [0.29, 0.717) is 18.7 Å². The molecular weight excluding hydrogens is 212 g/mol. The highest BCUT2D eigenvalue weighted by Crippen LogP contribution is 2.26.